The van der Waals surface area contributed by atoms with Crippen LogP contribution in [0.2, 0.25) is 0 Å². The van der Waals surface area contributed by atoms with Crippen LogP contribution in [0.25, 0.3) is 16.7 Å². The molecule has 1 aliphatic heterocycles. The monoisotopic (exact) mass is 610 g/mol. The summed E-state index contributed by atoms with van der Waals surface area (Å²) in [7, 11) is 0. The van der Waals surface area contributed by atoms with Gasteiger partial charge in [0.05, 0.1) is 23.5 Å². The number of nitrogens with one attached hydrogen (secondary N) is 2. The summed E-state index contributed by atoms with van der Waals surface area (Å²) >= 11 is 0. The Hall–Kier alpha value is -5.79. The average molecular weight is 611 g/mol. The fourth-order valence-corrected chi connectivity index (χ4v) is 5.47. The molecule has 0 bridgehead atoms. The van der Waals surface area contributed by atoms with Crippen molar-refractivity contribution >= 4 is 28.4 Å². The zero-order valence-corrected chi connectivity index (χ0v) is 25.2. The smallest absolute Gasteiger partial charge is 0.268 e. The second-order valence-corrected chi connectivity index (χ2v) is 11.2. The molecule has 1 fully saturated rings. The van der Waals surface area contributed by atoms with Gasteiger partial charge >= 0.3 is 0 Å². The van der Waals surface area contributed by atoms with Crippen molar-refractivity contribution in [2.45, 2.75) is 13.5 Å². The highest BCUT2D eigenvalue weighted by Gasteiger charge is 2.16. The molecule has 0 radical (unpaired) electrons. The summed E-state index contributed by atoms with van der Waals surface area (Å²) in [6.45, 7) is 5.42. The maximum absolute atomic E-state index is 15.1. The summed E-state index contributed by atoms with van der Waals surface area (Å²) in [6, 6.07) is 24.3. The molecule has 0 spiro atoms. The second kappa shape index (κ2) is 12.7. The molecule has 0 aliphatic carbocycles. The predicted molar refractivity (Wildman–Crippen MR) is 178 cm³/mol. The molecule has 0 saturated carbocycles. The van der Waals surface area contributed by atoms with Crippen molar-refractivity contribution in [1.29, 1.82) is 0 Å². The number of halogens is 1. The zero-order chi connectivity index (χ0) is 31.5. The van der Waals surface area contributed by atoms with Crippen LogP contribution in [-0.2, 0) is 6.54 Å². The van der Waals surface area contributed by atoms with Crippen LogP contribution >= 0.6 is 0 Å². The van der Waals surface area contributed by atoms with Crippen LogP contribution in [-0.4, -0.2) is 50.5 Å². The van der Waals surface area contributed by atoms with Crippen LogP contribution < -0.4 is 21.1 Å². The van der Waals surface area contributed by atoms with E-state index >= 15 is 4.39 Å². The Morgan fingerprint density at radius 1 is 0.978 bits per heavy atom. The third kappa shape index (κ3) is 6.22. The quantitative estimate of drug-likeness (QED) is 0.256. The third-order valence-electron chi connectivity index (χ3n) is 7.93. The van der Waals surface area contributed by atoms with E-state index in [9.17, 15) is 4.79 Å². The number of anilines is 3. The Morgan fingerprint density at radius 2 is 1.78 bits per heavy atom. The van der Waals surface area contributed by atoms with E-state index in [2.05, 4.69) is 32.6 Å². The number of fused-ring (bicyclic) bond motifs is 1. The van der Waals surface area contributed by atoms with Gasteiger partial charge in [-0.25, -0.2) is 14.1 Å². The lowest BCUT2D eigenvalue weighted by Crippen LogP contribution is -2.43. The van der Waals surface area contributed by atoms with Gasteiger partial charge in [0.25, 0.3) is 5.56 Å². The van der Waals surface area contributed by atoms with Gasteiger partial charge in [-0.1, -0.05) is 41.7 Å². The number of aromatic nitrogens is 5. The second-order valence-electron chi connectivity index (χ2n) is 11.2. The molecule has 1 saturated heterocycles. The molecule has 46 heavy (non-hydrogen) atoms. The number of hydrogen-bond donors (Lipinski definition) is 2. The van der Waals surface area contributed by atoms with E-state index in [0.717, 1.165) is 48.6 Å². The molecule has 228 valence electrons. The maximum Gasteiger partial charge on any atom is 0.268 e. The molecule has 9 nitrogen and oxygen atoms in total. The number of hydrogen-bond acceptors (Lipinski definition) is 7. The lowest BCUT2D eigenvalue weighted by Gasteiger charge is -2.29. The molecule has 3 aromatic carbocycles. The summed E-state index contributed by atoms with van der Waals surface area (Å²) in [5.74, 6) is 6.12. The Kier molecular flexibility index (Phi) is 7.98. The van der Waals surface area contributed by atoms with E-state index in [4.69, 9.17) is 4.98 Å². The van der Waals surface area contributed by atoms with Crippen LogP contribution in [0.1, 0.15) is 22.3 Å². The van der Waals surface area contributed by atoms with Gasteiger partial charge in [-0.15, -0.1) is 0 Å². The molecule has 6 aromatic rings. The summed E-state index contributed by atoms with van der Waals surface area (Å²) in [5.41, 5.74) is 5.37. The van der Waals surface area contributed by atoms with Gasteiger partial charge in [0.15, 0.2) is 0 Å². The number of nitrogens with zero attached hydrogens (tertiary/aromatic N) is 6. The molecule has 0 amide bonds. The number of benzene rings is 3. The largest absolute Gasteiger partial charge is 0.367 e. The van der Waals surface area contributed by atoms with E-state index in [-0.39, 0.29) is 23.9 Å². The van der Waals surface area contributed by atoms with Crippen molar-refractivity contribution in [3.05, 3.63) is 136 Å². The SMILES string of the molecule is Cc1ccc(C#Cc2cc3cnc(Nc4ccc(N5CCNCC5)c(F)c4)nc3n(Cc3ccc(-n4cccn4)cc3)c2=O)cc1. The lowest BCUT2D eigenvalue weighted by atomic mass is 10.1. The van der Waals surface area contributed by atoms with Crippen molar-refractivity contribution in [2.75, 3.05) is 36.4 Å². The summed E-state index contributed by atoms with van der Waals surface area (Å²) in [6.07, 6.45) is 5.26. The van der Waals surface area contributed by atoms with E-state index in [1.165, 1.54) is 6.07 Å². The van der Waals surface area contributed by atoms with Crippen LogP contribution in [0.15, 0.2) is 102 Å². The Labute approximate surface area is 265 Å². The molecule has 0 unspecified atom stereocenters. The molecule has 0 atom stereocenters. The van der Waals surface area contributed by atoms with Crippen LogP contribution in [0.5, 0.6) is 0 Å². The highest BCUT2D eigenvalue weighted by atomic mass is 19.1. The molecule has 10 heteroatoms. The topological polar surface area (TPSA) is 92.9 Å². The minimum absolute atomic E-state index is 0.252. The highest BCUT2D eigenvalue weighted by Crippen LogP contribution is 2.25. The molecule has 1 aliphatic rings. The Morgan fingerprint density at radius 3 is 2.52 bits per heavy atom. The van der Waals surface area contributed by atoms with Crippen molar-refractivity contribution < 1.29 is 4.39 Å². The van der Waals surface area contributed by atoms with Crippen molar-refractivity contribution in [3.8, 4) is 17.5 Å². The maximum atomic E-state index is 15.1. The van der Waals surface area contributed by atoms with Gasteiger partial charge in [0.2, 0.25) is 5.95 Å². The standard InChI is InChI=1S/C36H31FN8O/c1-25-3-5-26(6-4-25)7-10-28-21-29-23-39-36(41-30-11-14-33(32(37)22-30)43-19-16-38-17-20-43)42-34(29)44(35(28)46)24-27-8-12-31(13-9-27)45-18-2-15-40-45/h2-6,8-9,11-15,18,21-23,38H,16-17,19-20,24H2,1H3,(H,39,41,42). The first kappa shape index (κ1) is 29.0. The van der Waals surface area contributed by atoms with Gasteiger partial charge in [-0.05, 0) is 67.1 Å². The summed E-state index contributed by atoms with van der Waals surface area (Å²) in [4.78, 5) is 25.2. The molecule has 2 N–H and O–H groups in total. The van der Waals surface area contributed by atoms with E-state index in [1.807, 2.05) is 78.7 Å². The molecular weight excluding hydrogens is 579 g/mol. The van der Waals surface area contributed by atoms with Gasteiger partial charge in [0.1, 0.15) is 11.5 Å². The molecule has 7 rings (SSSR count). The predicted octanol–water partition coefficient (Wildman–Crippen LogP) is 5.03. The minimum Gasteiger partial charge on any atom is -0.367 e. The van der Waals surface area contributed by atoms with Crippen molar-refractivity contribution in [2.24, 2.45) is 0 Å². The number of piperazine rings is 1. The first-order valence-corrected chi connectivity index (χ1v) is 15.1. The Balaban J connectivity index is 1.24. The zero-order valence-electron chi connectivity index (χ0n) is 25.2. The average Bonchev–Trinajstić information content (AvgIpc) is 3.62. The van der Waals surface area contributed by atoms with Crippen molar-refractivity contribution in [3.63, 3.8) is 0 Å². The third-order valence-corrected chi connectivity index (χ3v) is 7.93. The van der Waals surface area contributed by atoms with E-state index in [0.29, 0.717) is 28.0 Å². The highest BCUT2D eigenvalue weighted by molar-refractivity contribution is 5.78. The number of pyridine rings is 1. The van der Waals surface area contributed by atoms with Gasteiger partial charge in [0, 0.05) is 61.4 Å². The molecule has 3 aromatic heterocycles. The Bertz CT molecular complexity index is 2120. The fourth-order valence-electron chi connectivity index (χ4n) is 5.47. The minimum atomic E-state index is -0.319. The van der Waals surface area contributed by atoms with Crippen molar-refractivity contribution in [1.82, 2.24) is 29.6 Å². The van der Waals surface area contributed by atoms with Gasteiger partial charge < -0.3 is 15.5 Å². The first-order valence-electron chi connectivity index (χ1n) is 15.1. The molecular formula is C36H31FN8O. The number of aryl methyl sites for hydroxylation is 1. The van der Waals surface area contributed by atoms with E-state index in [1.54, 1.807) is 33.8 Å². The van der Waals surface area contributed by atoms with E-state index < -0.39 is 0 Å². The van der Waals surface area contributed by atoms with Crippen LogP contribution in [0.3, 0.4) is 0 Å². The lowest BCUT2D eigenvalue weighted by molar-refractivity contribution is 0.566. The summed E-state index contributed by atoms with van der Waals surface area (Å²) < 4.78 is 18.5. The first-order chi connectivity index (χ1) is 22.5. The number of rotatable bonds is 6. The normalized spacial score (nSPS) is 13.0. The fraction of sp³-hybridized carbons (Fsp3) is 0.167. The molecule has 4 heterocycles. The summed E-state index contributed by atoms with van der Waals surface area (Å²) in [5, 5.41) is 11.4. The van der Waals surface area contributed by atoms with Gasteiger partial charge in [-0.3, -0.25) is 9.36 Å². The van der Waals surface area contributed by atoms with Gasteiger partial charge in [-0.2, -0.15) is 10.1 Å². The van der Waals surface area contributed by atoms with Crippen LogP contribution in [0.4, 0.5) is 21.7 Å². The van der Waals surface area contributed by atoms with Crippen LogP contribution in [0, 0.1) is 24.6 Å².